The molecule has 116 valence electrons. The van der Waals surface area contributed by atoms with E-state index in [4.69, 9.17) is 4.74 Å². The third-order valence-corrected chi connectivity index (χ3v) is 5.14. The lowest BCUT2D eigenvalue weighted by Crippen LogP contribution is -2.34. The number of likely N-dealkylation sites (tertiary alicyclic amines) is 1. The predicted molar refractivity (Wildman–Crippen MR) is 83.8 cm³/mol. The first-order valence-corrected chi connectivity index (χ1v) is 8.36. The van der Waals surface area contributed by atoms with Gasteiger partial charge in [-0.05, 0) is 37.1 Å². The molecule has 4 rings (SSSR count). The minimum absolute atomic E-state index is 0.269. The van der Waals surface area contributed by atoms with Gasteiger partial charge in [0.05, 0.1) is 18.3 Å². The van der Waals surface area contributed by atoms with Gasteiger partial charge in [-0.3, -0.25) is 4.90 Å². The first kappa shape index (κ1) is 13.9. The molecule has 1 amide bonds. The van der Waals surface area contributed by atoms with Gasteiger partial charge in [0.2, 0.25) is 0 Å². The second kappa shape index (κ2) is 5.48. The fraction of sp³-hybridized carbons (Fsp3) is 0.533. The van der Waals surface area contributed by atoms with E-state index in [1.165, 1.54) is 17.3 Å². The van der Waals surface area contributed by atoms with Crippen LogP contribution in [0.1, 0.15) is 24.8 Å². The zero-order valence-electron chi connectivity index (χ0n) is 12.2. The van der Waals surface area contributed by atoms with Crippen molar-refractivity contribution in [2.75, 3.05) is 19.6 Å². The number of amides is 1. The molecule has 2 fully saturated rings. The Morgan fingerprint density at radius 3 is 3.05 bits per heavy atom. The van der Waals surface area contributed by atoms with Crippen LogP contribution in [0.3, 0.4) is 0 Å². The van der Waals surface area contributed by atoms with Crippen molar-refractivity contribution in [2.24, 2.45) is 0 Å². The average Bonchev–Trinajstić information content (AvgIpc) is 3.06. The highest BCUT2D eigenvalue weighted by molar-refractivity contribution is 7.00. The van der Waals surface area contributed by atoms with Gasteiger partial charge in [-0.25, -0.2) is 4.79 Å². The summed E-state index contributed by atoms with van der Waals surface area (Å²) in [5, 5.41) is 2.80. The molecular weight excluding hydrogens is 300 g/mol. The molecule has 1 unspecified atom stereocenters. The third-order valence-electron chi connectivity index (χ3n) is 4.58. The van der Waals surface area contributed by atoms with Crippen molar-refractivity contribution in [3.05, 3.63) is 23.8 Å². The monoisotopic (exact) mass is 318 g/mol. The molecule has 0 radical (unpaired) electrons. The number of hydrogen-bond donors (Lipinski definition) is 1. The van der Waals surface area contributed by atoms with Crippen LogP contribution < -0.4 is 5.32 Å². The molecule has 1 spiro atoms. The van der Waals surface area contributed by atoms with Crippen molar-refractivity contribution >= 4 is 28.9 Å². The molecule has 1 aromatic heterocycles. The zero-order valence-corrected chi connectivity index (χ0v) is 13.1. The van der Waals surface area contributed by atoms with Gasteiger partial charge in [0.1, 0.15) is 16.6 Å². The number of carbonyl (C=O) groups is 1. The molecule has 1 N–H and O–H groups in total. The Hall–Kier alpha value is -1.73. The summed E-state index contributed by atoms with van der Waals surface area (Å²) in [6.07, 6.45) is 2.62. The average molecular weight is 318 g/mol. The highest BCUT2D eigenvalue weighted by Crippen LogP contribution is 2.29. The summed E-state index contributed by atoms with van der Waals surface area (Å²) in [6.45, 7) is 3.54. The Morgan fingerprint density at radius 1 is 1.27 bits per heavy atom. The standard InChI is InChI=1S/C15H18N4O2S/c20-14-16-10-15(21-14)4-1-6-19(7-5-15)9-11-2-3-12-13(8-11)18-22-17-12/h2-3,8H,1,4-7,9-10H2,(H,16,20). The van der Waals surface area contributed by atoms with Gasteiger partial charge in [-0.15, -0.1) is 0 Å². The van der Waals surface area contributed by atoms with Crippen molar-refractivity contribution < 1.29 is 9.53 Å². The molecule has 22 heavy (non-hydrogen) atoms. The lowest BCUT2D eigenvalue weighted by Gasteiger charge is -2.25. The maximum absolute atomic E-state index is 11.3. The molecule has 0 saturated carbocycles. The molecule has 1 atom stereocenters. The second-order valence-corrected chi connectivity index (χ2v) is 6.67. The molecule has 1 aromatic carbocycles. The van der Waals surface area contributed by atoms with Crippen LogP contribution >= 0.6 is 11.7 Å². The summed E-state index contributed by atoms with van der Waals surface area (Å²) in [5.41, 5.74) is 2.92. The van der Waals surface area contributed by atoms with Crippen LogP contribution in [0.5, 0.6) is 0 Å². The van der Waals surface area contributed by atoms with Crippen molar-refractivity contribution in [1.82, 2.24) is 19.0 Å². The van der Waals surface area contributed by atoms with E-state index in [-0.39, 0.29) is 11.7 Å². The van der Waals surface area contributed by atoms with Gasteiger partial charge in [-0.2, -0.15) is 8.75 Å². The molecule has 2 aliphatic heterocycles. The quantitative estimate of drug-likeness (QED) is 0.919. The fourth-order valence-corrected chi connectivity index (χ4v) is 3.86. The van der Waals surface area contributed by atoms with E-state index >= 15 is 0 Å². The molecular formula is C15H18N4O2S. The van der Waals surface area contributed by atoms with Crippen LogP contribution in [0, 0.1) is 0 Å². The van der Waals surface area contributed by atoms with Crippen LogP contribution in [-0.2, 0) is 11.3 Å². The lowest BCUT2D eigenvalue weighted by molar-refractivity contribution is 0.0443. The number of carbonyl (C=O) groups excluding carboxylic acids is 1. The van der Waals surface area contributed by atoms with Crippen molar-refractivity contribution in [3.8, 4) is 0 Å². The van der Waals surface area contributed by atoms with E-state index in [0.717, 1.165) is 49.9 Å². The third kappa shape index (κ3) is 2.66. The number of hydrogen-bond acceptors (Lipinski definition) is 6. The number of rotatable bonds is 2. The smallest absolute Gasteiger partial charge is 0.407 e. The second-order valence-electron chi connectivity index (χ2n) is 6.14. The zero-order chi connectivity index (χ0) is 15.0. The highest BCUT2D eigenvalue weighted by atomic mass is 32.1. The van der Waals surface area contributed by atoms with Gasteiger partial charge in [0, 0.05) is 19.5 Å². The van der Waals surface area contributed by atoms with Crippen LogP contribution in [0.4, 0.5) is 4.79 Å². The minimum atomic E-state index is -0.283. The summed E-state index contributed by atoms with van der Waals surface area (Å²) in [6, 6.07) is 6.29. The van der Waals surface area contributed by atoms with Gasteiger partial charge >= 0.3 is 6.09 Å². The van der Waals surface area contributed by atoms with E-state index in [2.05, 4.69) is 31.1 Å². The van der Waals surface area contributed by atoms with E-state index in [1.807, 2.05) is 6.07 Å². The first-order chi connectivity index (χ1) is 10.7. The van der Waals surface area contributed by atoms with E-state index in [1.54, 1.807) is 0 Å². The molecule has 0 aliphatic carbocycles. The Balaban J connectivity index is 1.44. The molecule has 6 nitrogen and oxygen atoms in total. The first-order valence-electron chi connectivity index (χ1n) is 7.63. The highest BCUT2D eigenvalue weighted by Gasteiger charge is 2.41. The summed E-state index contributed by atoms with van der Waals surface area (Å²) in [4.78, 5) is 13.8. The number of benzene rings is 1. The molecule has 2 aliphatic rings. The molecule has 2 aromatic rings. The Bertz CT molecular complexity index is 704. The summed E-state index contributed by atoms with van der Waals surface area (Å²) in [7, 11) is 0. The normalized spacial score (nSPS) is 26.1. The van der Waals surface area contributed by atoms with Gasteiger partial charge in [0.15, 0.2) is 0 Å². The van der Waals surface area contributed by atoms with Crippen molar-refractivity contribution in [3.63, 3.8) is 0 Å². The van der Waals surface area contributed by atoms with Gasteiger partial charge in [0.25, 0.3) is 0 Å². The van der Waals surface area contributed by atoms with Crippen LogP contribution in [0.25, 0.3) is 11.0 Å². The Labute approximate surface area is 132 Å². The van der Waals surface area contributed by atoms with Gasteiger partial charge in [-0.1, -0.05) is 6.07 Å². The Morgan fingerprint density at radius 2 is 2.18 bits per heavy atom. The topological polar surface area (TPSA) is 67.4 Å². The van der Waals surface area contributed by atoms with Crippen LogP contribution in [0.2, 0.25) is 0 Å². The molecule has 3 heterocycles. The predicted octanol–water partition coefficient (Wildman–Crippen LogP) is 2.16. The number of alkyl carbamates (subject to hydrolysis) is 1. The van der Waals surface area contributed by atoms with E-state index in [0.29, 0.717) is 6.54 Å². The number of aromatic nitrogens is 2. The maximum atomic E-state index is 11.3. The largest absolute Gasteiger partial charge is 0.441 e. The molecule has 2 saturated heterocycles. The molecule has 0 bridgehead atoms. The summed E-state index contributed by atoms with van der Waals surface area (Å²) < 4.78 is 14.1. The van der Waals surface area contributed by atoms with Crippen LogP contribution in [-0.4, -0.2) is 45.0 Å². The fourth-order valence-electron chi connectivity index (χ4n) is 3.35. The SMILES string of the molecule is O=C1NCC2(CCCN(Cc3ccc4nsnc4c3)CC2)O1. The van der Waals surface area contributed by atoms with Crippen molar-refractivity contribution in [2.45, 2.75) is 31.4 Å². The Kier molecular flexibility index (Phi) is 3.46. The number of fused-ring (bicyclic) bond motifs is 1. The van der Waals surface area contributed by atoms with E-state index in [9.17, 15) is 4.79 Å². The summed E-state index contributed by atoms with van der Waals surface area (Å²) in [5.74, 6) is 0. The van der Waals surface area contributed by atoms with Crippen LogP contribution in [0.15, 0.2) is 18.2 Å². The number of ether oxygens (including phenoxy) is 1. The lowest BCUT2D eigenvalue weighted by atomic mass is 9.95. The van der Waals surface area contributed by atoms with Crippen molar-refractivity contribution in [1.29, 1.82) is 0 Å². The number of nitrogens with one attached hydrogen (secondary N) is 1. The minimum Gasteiger partial charge on any atom is -0.441 e. The van der Waals surface area contributed by atoms with E-state index < -0.39 is 0 Å². The summed E-state index contributed by atoms with van der Waals surface area (Å²) >= 11 is 1.25. The van der Waals surface area contributed by atoms with Gasteiger partial charge < -0.3 is 10.1 Å². The molecule has 7 heteroatoms. The number of nitrogens with zero attached hydrogens (tertiary/aromatic N) is 3. The maximum Gasteiger partial charge on any atom is 0.407 e.